The molecule has 33 heavy (non-hydrogen) atoms. The Morgan fingerprint density at radius 3 is 2.52 bits per heavy atom. The SMILES string of the molecule is CCCc1c(OCCCSc2ccc(CC(=O)O)cc2Cl)cccc1C(=O)c1ccccc1. The van der Waals surface area contributed by atoms with Crippen molar-refractivity contribution in [3.05, 3.63) is 94.0 Å². The van der Waals surface area contributed by atoms with E-state index in [4.69, 9.17) is 21.4 Å². The highest BCUT2D eigenvalue weighted by Gasteiger charge is 2.16. The predicted octanol–water partition coefficient (Wildman–Crippen LogP) is 6.71. The van der Waals surface area contributed by atoms with Crippen molar-refractivity contribution in [3.63, 3.8) is 0 Å². The second-order valence-electron chi connectivity index (χ2n) is 7.61. The Hall–Kier alpha value is -2.76. The van der Waals surface area contributed by atoms with Crippen LogP contribution in [0.25, 0.3) is 0 Å². The molecule has 0 atom stereocenters. The second kappa shape index (κ2) is 12.5. The number of carboxylic acid groups (broad SMARTS) is 1. The van der Waals surface area contributed by atoms with Crippen LogP contribution in [0.3, 0.4) is 0 Å². The predicted molar refractivity (Wildman–Crippen MR) is 134 cm³/mol. The fourth-order valence-corrected chi connectivity index (χ4v) is 4.75. The van der Waals surface area contributed by atoms with Crippen LogP contribution in [0.4, 0.5) is 0 Å². The molecule has 0 aliphatic carbocycles. The largest absolute Gasteiger partial charge is 0.493 e. The van der Waals surface area contributed by atoms with Gasteiger partial charge in [-0.05, 0) is 36.6 Å². The minimum atomic E-state index is -0.874. The zero-order chi connectivity index (χ0) is 23.6. The van der Waals surface area contributed by atoms with Gasteiger partial charge in [-0.2, -0.15) is 0 Å². The van der Waals surface area contributed by atoms with Crippen LogP contribution in [0.5, 0.6) is 5.75 Å². The van der Waals surface area contributed by atoms with E-state index < -0.39 is 5.97 Å². The van der Waals surface area contributed by atoms with E-state index in [1.165, 1.54) is 0 Å². The van der Waals surface area contributed by atoms with Gasteiger partial charge in [-0.15, -0.1) is 11.8 Å². The highest BCUT2D eigenvalue weighted by Crippen LogP contribution is 2.30. The molecule has 0 aliphatic rings. The Kier molecular flexibility index (Phi) is 9.40. The first kappa shape index (κ1) is 24.9. The Bertz CT molecular complexity index is 1100. The van der Waals surface area contributed by atoms with Crippen LogP contribution in [-0.2, 0) is 17.6 Å². The zero-order valence-electron chi connectivity index (χ0n) is 18.6. The number of carbonyl (C=O) groups is 2. The zero-order valence-corrected chi connectivity index (χ0v) is 20.1. The number of hydrogen-bond acceptors (Lipinski definition) is 4. The lowest BCUT2D eigenvalue weighted by Crippen LogP contribution is -2.09. The summed E-state index contributed by atoms with van der Waals surface area (Å²) in [6.07, 6.45) is 2.46. The summed E-state index contributed by atoms with van der Waals surface area (Å²) in [6.45, 7) is 2.62. The first-order valence-electron chi connectivity index (χ1n) is 11.0. The second-order valence-corrected chi connectivity index (χ2v) is 9.16. The third-order valence-corrected chi connectivity index (χ3v) is 6.65. The first-order valence-corrected chi connectivity index (χ1v) is 12.3. The number of aliphatic carboxylic acids is 1. The summed E-state index contributed by atoms with van der Waals surface area (Å²) in [4.78, 5) is 24.8. The van der Waals surface area contributed by atoms with Gasteiger partial charge in [-0.3, -0.25) is 9.59 Å². The molecule has 0 radical (unpaired) electrons. The van der Waals surface area contributed by atoms with Crippen LogP contribution in [0, 0.1) is 0 Å². The molecular weight excluding hydrogens is 456 g/mol. The van der Waals surface area contributed by atoms with Crippen LogP contribution >= 0.6 is 23.4 Å². The molecule has 0 saturated heterocycles. The molecule has 3 aromatic rings. The topological polar surface area (TPSA) is 63.6 Å². The fourth-order valence-electron chi connectivity index (χ4n) is 3.54. The highest BCUT2D eigenvalue weighted by molar-refractivity contribution is 7.99. The van der Waals surface area contributed by atoms with E-state index in [0.29, 0.717) is 28.3 Å². The third kappa shape index (κ3) is 7.11. The number of halogens is 1. The van der Waals surface area contributed by atoms with Crippen molar-refractivity contribution in [1.29, 1.82) is 0 Å². The van der Waals surface area contributed by atoms with Crippen LogP contribution in [0.15, 0.2) is 71.6 Å². The molecule has 0 amide bonds. The fraction of sp³-hybridized carbons (Fsp3) is 0.259. The number of thioether (sulfide) groups is 1. The third-order valence-electron chi connectivity index (χ3n) is 5.07. The van der Waals surface area contributed by atoms with Crippen molar-refractivity contribution < 1.29 is 19.4 Å². The molecule has 0 heterocycles. The molecule has 1 N–H and O–H groups in total. The smallest absolute Gasteiger partial charge is 0.307 e. The van der Waals surface area contributed by atoms with E-state index in [9.17, 15) is 9.59 Å². The lowest BCUT2D eigenvalue weighted by atomic mass is 9.95. The molecule has 0 fully saturated rings. The van der Waals surface area contributed by atoms with Gasteiger partial charge in [0.2, 0.25) is 0 Å². The van der Waals surface area contributed by atoms with Crippen molar-refractivity contribution >= 4 is 35.1 Å². The lowest BCUT2D eigenvalue weighted by molar-refractivity contribution is -0.136. The van der Waals surface area contributed by atoms with Crippen LogP contribution in [0.2, 0.25) is 5.02 Å². The summed E-state index contributed by atoms with van der Waals surface area (Å²) in [7, 11) is 0. The molecule has 0 aromatic heterocycles. The number of rotatable bonds is 12. The maximum atomic E-state index is 13.0. The number of ether oxygens (including phenoxy) is 1. The van der Waals surface area contributed by atoms with Gasteiger partial charge in [0.05, 0.1) is 18.1 Å². The summed E-state index contributed by atoms with van der Waals surface area (Å²) >= 11 is 7.91. The molecule has 172 valence electrons. The Labute approximate surface area is 203 Å². The number of carbonyl (C=O) groups excluding carboxylic acids is 1. The van der Waals surface area contributed by atoms with Crippen LogP contribution in [-0.4, -0.2) is 29.2 Å². The van der Waals surface area contributed by atoms with Gasteiger partial charge in [-0.25, -0.2) is 0 Å². The number of hydrogen-bond donors (Lipinski definition) is 1. The van der Waals surface area contributed by atoms with E-state index in [2.05, 4.69) is 6.92 Å². The molecular formula is C27H27ClO4S. The molecule has 0 unspecified atom stereocenters. The van der Waals surface area contributed by atoms with E-state index in [-0.39, 0.29) is 12.2 Å². The van der Waals surface area contributed by atoms with Crippen molar-refractivity contribution in [3.8, 4) is 5.75 Å². The number of ketones is 1. The van der Waals surface area contributed by atoms with Crippen molar-refractivity contribution in [2.75, 3.05) is 12.4 Å². The van der Waals surface area contributed by atoms with Gasteiger partial charge >= 0.3 is 5.97 Å². The molecule has 3 rings (SSSR count). The lowest BCUT2D eigenvalue weighted by Gasteiger charge is -2.15. The number of carboxylic acids is 1. The highest BCUT2D eigenvalue weighted by atomic mass is 35.5. The van der Waals surface area contributed by atoms with Crippen LogP contribution < -0.4 is 4.74 Å². The van der Waals surface area contributed by atoms with Crippen molar-refractivity contribution in [2.45, 2.75) is 37.5 Å². The van der Waals surface area contributed by atoms with Crippen molar-refractivity contribution in [2.24, 2.45) is 0 Å². The maximum Gasteiger partial charge on any atom is 0.307 e. The van der Waals surface area contributed by atoms with E-state index >= 15 is 0 Å². The maximum absolute atomic E-state index is 13.0. The minimum absolute atomic E-state index is 0.0149. The van der Waals surface area contributed by atoms with Gasteiger partial charge < -0.3 is 9.84 Å². The number of benzene rings is 3. The molecule has 0 spiro atoms. The summed E-state index contributed by atoms with van der Waals surface area (Å²) in [5.41, 5.74) is 3.02. The van der Waals surface area contributed by atoms with E-state index in [1.807, 2.05) is 54.6 Å². The minimum Gasteiger partial charge on any atom is -0.493 e. The van der Waals surface area contributed by atoms with Gasteiger partial charge in [0.1, 0.15) is 5.75 Å². The summed E-state index contributed by atoms with van der Waals surface area (Å²) in [6, 6.07) is 20.4. The van der Waals surface area contributed by atoms with E-state index in [0.717, 1.165) is 41.2 Å². The summed E-state index contributed by atoms with van der Waals surface area (Å²) in [5, 5.41) is 9.47. The summed E-state index contributed by atoms with van der Waals surface area (Å²) < 4.78 is 6.08. The standard InChI is InChI=1S/C27H27ClO4S/c1-2-8-21-22(27(31)20-9-4-3-5-10-20)11-6-12-24(21)32-15-7-16-33-25-14-13-19(17-23(25)28)18-26(29)30/h3-6,9-14,17H,2,7-8,15-16,18H2,1H3,(H,29,30). The summed E-state index contributed by atoms with van der Waals surface area (Å²) in [5.74, 6) is 0.713. The molecule has 0 aliphatic heterocycles. The van der Waals surface area contributed by atoms with Gasteiger partial charge in [-0.1, -0.05) is 73.5 Å². The van der Waals surface area contributed by atoms with Gasteiger partial charge in [0.15, 0.2) is 5.78 Å². The molecule has 4 nitrogen and oxygen atoms in total. The molecule has 0 bridgehead atoms. The average Bonchev–Trinajstić information content (AvgIpc) is 2.81. The van der Waals surface area contributed by atoms with Gasteiger partial charge in [0, 0.05) is 27.3 Å². The quantitative estimate of drug-likeness (QED) is 0.176. The van der Waals surface area contributed by atoms with Gasteiger partial charge in [0.25, 0.3) is 0 Å². The monoisotopic (exact) mass is 482 g/mol. The normalized spacial score (nSPS) is 10.7. The van der Waals surface area contributed by atoms with E-state index in [1.54, 1.807) is 23.9 Å². The van der Waals surface area contributed by atoms with Crippen LogP contribution in [0.1, 0.15) is 46.8 Å². The Morgan fingerprint density at radius 1 is 1.03 bits per heavy atom. The first-order chi connectivity index (χ1) is 16.0. The molecule has 3 aromatic carbocycles. The Morgan fingerprint density at radius 2 is 1.82 bits per heavy atom. The van der Waals surface area contributed by atoms with Crippen molar-refractivity contribution in [1.82, 2.24) is 0 Å². The average molecular weight is 483 g/mol. The Balaban J connectivity index is 1.59. The molecule has 6 heteroatoms. The molecule has 0 saturated carbocycles.